The molecule has 0 bridgehead atoms. The van der Waals surface area contributed by atoms with Gasteiger partial charge in [0.05, 0.1) is 5.92 Å². The Labute approximate surface area is 109 Å². The molecule has 8 heteroatoms. The fraction of sp³-hybridized carbons (Fsp3) is 0.636. The van der Waals surface area contributed by atoms with Crippen molar-refractivity contribution >= 4 is 17.8 Å². The molecule has 1 amide bonds. The second kappa shape index (κ2) is 5.79. The number of hydrogen-bond donors (Lipinski definition) is 2. The molecule has 1 aromatic heterocycles. The molecule has 1 aromatic rings. The van der Waals surface area contributed by atoms with Crippen LogP contribution < -0.4 is 4.90 Å². The topological polar surface area (TPSA) is 108 Å². The molecule has 2 N–H and O–H groups in total. The van der Waals surface area contributed by atoms with E-state index >= 15 is 0 Å². The normalized spacial score (nSPS) is 20.2. The number of ether oxygens (including phenoxy) is 1. The summed E-state index contributed by atoms with van der Waals surface area (Å²) in [5.74, 6) is -1.70. The van der Waals surface area contributed by atoms with Crippen LogP contribution in [0.25, 0.3) is 0 Å². The van der Waals surface area contributed by atoms with Gasteiger partial charge >= 0.3 is 5.97 Å². The van der Waals surface area contributed by atoms with Crippen LogP contribution in [0.2, 0.25) is 0 Å². The second-order valence-corrected chi connectivity index (χ2v) is 4.50. The lowest BCUT2D eigenvalue weighted by atomic mass is 10.1. The van der Waals surface area contributed by atoms with Crippen LogP contribution in [0, 0.1) is 5.92 Å². The number of carbonyl (C=O) groups is 2. The van der Waals surface area contributed by atoms with E-state index in [9.17, 15) is 9.59 Å². The average Bonchev–Trinajstić information content (AvgIpc) is 3.06. The number of carbonyl (C=O) groups excluding carboxylic acids is 1. The third kappa shape index (κ3) is 3.08. The SMILES string of the molecule is CC(CN(C(=O)C1CCCO1)c1ncn[nH]1)C(=O)O. The van der Waals surface area contributed by atoms with Gasteiger partial charge in [-0.2, -0.15) is 10.1 Å². The van der Waals surface area contributed by atoms with Gasteiger partial charge in [-0.15, -0.1) is 0 Å². The Hall–Kier alpha value is -1.96. The molecule has 1 aliphatic heterocycles. The summed E-state index contributed by atoms with van der Waals surface area (Å²) in [6.45, 7) is 2.12. The van der Waals surface area contributed by atoms with Crippen molar-refractivity contribution in [3.8, 4) is 0 Å². The van der Waals surface area contributed by atoms with Crippen LogP contribution >= 0.6 is 0 Å². The first-order chi connectivity index (χ1) is 9.09. The van der Waals surface area contributed by atoms with Crippen LogP contribution in [0.1, 0.15) is 19.8 Å². The number of nitrogens with zero attached hydrogens (tertiary/aromatic N) is 3. The summed E-state index contributed by atoms with van der Waals surface area (Å²) in [6.07, 6.45) is 2.22. The zero-order valence-electron chi connectivity index (χ0n) is 10.6. The van der Waals surface area contributed by atoms with Crippen molar-refractivity contribution in [2.24, 2.45) is 5.92 Å². The molecular weight excluding hydrogens is 252 g/mol. The van der Waals surface area contributed by atoms with E-state index in [0.29, 0.717) is 13.0 Å². The van der Waals surface area contributed by atoms with Crippen molar-refractivity contribution < 1.29 is 19.4 Å². The fourth-order valence-electron chi connectivity index (χ4n) is 1.91. The molecule has 0 aliphatic carbocycles. The molecule has 1 saturated heterocycles. The smallest absolute Gasteiger partial charge is 0.308 e. The third-order valence-electron chi connectivity index (χ3n) is 3.01. The molecule has 19 heavy (non-hydrogen) atoms. The van der Waals surface area contributed by atoms with Crippen LogP contribution in [0.5, 0.6) is 0 Å². The van der Waals surface area contributed by atoms with Crippen LogP contribution in [0.4, 0.5) is 5.95 Å². The lowest BCUT2D eigenvalue weighted by Gasteiger charge is -2.24. The van der Waals surface area contributed by atoms with E-state index < -0.39 is 18.0 Å². The van der Waals surface area contributed by atoms with Gasteiger partial charge in [0.1, 0.15) is 12.4 Å². The number of hydrogen-bond acceptors (Lipinski definition) is 5. The van der Waals surface area contributed by atoms with Crippen LogP contribution in [-0.4, -0.2) is 51.4 Å². The van der Waals surface area contributed by atoms with Gasteiger partial charge in [-0.05, 0) is 12.8 Å². The molecule has 0 radical (unpaired) electrons. The zero-order valence-corrected chi connectivity index (χ0v) is 10.6. The molecule has 0 aromatic carbocycles. The van der Waals surface area contributed by atoms with E-state index in [1.807, 2.05) is 0 Å². The minimum atomic E-state index is -0.968. The van der Waals surface area contributed by atoms with Crippen molar-refractivity contribution in [3.05, 3.63) is 6.33 Å². The number of anilines is 1. The Morgan fingerprint density at radius 1 is 1.68 bits per heavy atom. The maximum absolute atomic E-state index is 12.3. The minimum absolute atomic E-state index is 0.0310. The predicted molar refractivity (Wildman–Crippen MR) is 64.5 cm³/mol. The number of aromatic nitrogens is 3. The summed E-state index contributed by atoms with van der Waals surface area (Å²) in [7, 11) is 0. The number of rotatable bonds is 5. The van der Waals surface area contributed by atoms with E-state index in [4.69, 9.17) is 9.84 Å². The van der Waals surface area contributed by atoms with E-state index in [0.717, 1.165) is 6.42 Å². The van der Waals surface area contributed by atoms with Crippen LogP contribution in [0.3, 0.4) is 0 Å². The maximum atomic E-state index is 12.3. The van der Waals surface area contributed by atoms with Gasteiger partial charge in [-0.3, -0.25) is 14.5 Å². The van der Waals surface area contributed by atoms with Crippen molar-refractivity contribution in [2.75, 3.05) is 18.1 Å². The molecule has 104 valence electrons. The highest BCUT2D eigenvalue weighted by Gasteiger charge is 2.32. The van der Waals surface area contributed by atoms with Gasteiger partial charge in [0.25, 0.3) is 5.91 Å². The number of carboxylic acids is 1. The molecule has 0 saturated carbocycles. The monoisotopic (exact) mass is 268 g/mol. The zero-order chi connectivity index (χ0) is 13.8. The first-order valence-electron chi connectivity index (χ1n) is 6.10. The molecular formula is C11H16N4O4. The summed E-state index contributed by atoms with van der Waals surface area (Å²) >= 11 is 0. The summed E-state index contributed by atoms with van der Waals surface area (Å²) in [6, 6.07) is 0. The van der Waals surface area contributed by atoms with Gasteiger partial charge in [-0.1, -0.05) is 6.92 Å². The summed E-state index contributed by atoms with van der Waals surface area (Å²) < 4.78 is 5.34. The molecule has 2 atom stereocenters. The summed E-state index contributed by atoms with van der Waals surface area (Å²) in [4.78, 5) is 28.5. The number of aliphatic carboxylic acids is 1. The molecule has 2 rings (SSSR count). The lowest BCUT2D eigenvalue weighted by molar-refractivity contribution is -0.140. The number of amides is 1. The van der Waals surface area contributed by atoms with Crippen molar-refractivity contribution in [1.82, 2.24) is 15.2 Å². The standard InChI is InChI=1S/C11H16N4O4/c1-7(10(17)18)5-15(11-12-6-13-14-11)9(16)8-3-2-4-19-8/h6-8H,2-5H2,1H3,(H,17,18)(H,12,13,14). The molecule has 2 heterocycles. The van der Waals surface area contributed by atoms with E-state index in [1.54, 1.807) is 0 Å². The number of nitrogens with one attached hydrogen (secondary N) is 1. The molecule has 0 spiro atoms. The first kappa shape index (κ1) is 13.5. The first-order valence-corrected chi connectivity index (χ1v) is 6.10. The van der Waals surface area contributed by atoms with Gasteiger partial charge in [-0.25, -0.2) is 5.10 Å². The Balaban J connectivity index is 2.14. The van der Waals surface area contributed by atoms with Crippen LogP contribution in [-0.2, 0) is 14.3 Å². The van der Waals surface area contributed by atoms with Crippen molar-refractivity contribution in [1.29, 1.82) is 0 Å². The highest BCUT2D eigenvalue weighted by molar-refractivity contribution is 5.95. The Bertz CT molecular complexity index is 442. The van der Waals surface area contributed by atoms with Crippen LogP contribution in [0.15, 0.2) is 6.33 Å². The van der Waals surface area contributed by atoms with E-state index in [-0.39, 0.29) is 18.4 Å². The van der Waals surface area contributed by atoms with E-state index in [2.05, 4.69) is 15.2 Å². The predicted octanol–water partition coefficient (Wildman–Crippen LogP) is 0.0374. The molecule has 2 unspecified atom stereocenters. The largest absolute Gasteiger partial charge is 0.481 e. The molecule has 1 fully saturated rings. The fourth-order valence-corrected chi connectivity index (χ4v) is 1.91. The minimum Gasteiger partial charge on any atom is -0.481 e. The summed E-state index contributed by atoms with van der Waals surface area (Å²) in [5.41, 5.74) is 0. The number of carboxylic acid groups (broad SMARTS) is 1. The Morgan fingerprint density at radius 3 is 3.00 bits per heavy atom. The quantitative estimate of drug-likeness (QED) is 0.780. The second-order valence-electron chi connectivity index (χ2n) is 4.50. The molecule has 8 nitrogen and oxygen atoms in total. The van der Waals surface area contributed by atoms with Crippen molar-refractivity contribution in [3.63, 3.8) is 0 Å². The number of aromatic amines is 1. The Kier molecular flexibility index (Phi) is 4.10. The van der Waals surface area contributed by atoms with Gasteiger partial charge in [0, 0.05) is 13.2 Å². The third-order valence-corrected chi connectivity index (χ3v) is 3.01. The van der Waals surface area contributed by atoms with Gasteiger partial charge in [0.2, 0.25) is 5.95 Å². The van der Waals surface area contributed by atoms with Gasteiger partial charge in [0.15, 0.2) is 0 Å². The molecule has 1 aliphatic rings. The highest BCUT2D eigenvalue weighted by Crippen LogP contribution is 2.18. The highest BCUT2D eigenvalue weighted by atomic mass is 16.5. The van der Waals surface area contributed by atoms with Crippen molar-refractivity contribution in [2.45, 2.75) is 25.9 Å². The Morgan fingerprint density at radius 2 is 2.47 bits per heavy atom. The van der Waals surface area contributed by atoms with Gasteiger partial charge < -0.3 is 9.84 Å². The maximum Gasteiger partial charge on any atom is 0.308 e. The number of H-pyrrole nitrogens is 1. The van der Waals surface area contributed by atoms with E-state index in [1.165, 1.54) is 18.2 Å². The summed E-state index contributed by atoms with van der Waals surface area (Å²) in [5, 5.41) is 15.2. The average molecular weight is 268 g/mol. The lowest BCUT2D eigenvalue weighted by Crippen LogP contribution is -2.43.